The molecule has 0 saturated carbocycles. The highest BCUT2D eigenvalue weighted by Crippen LogP contribution is 2.37. The normalized spacial score (nSPS) is 11.2. The highest BCUT2D eigenvalue weighted by Gasteiger charge is 2.26. The molecule has 0 radical (unpaired) electrons. The summed E-state index contributed by atoms with van der Waals surface area (Å²) < 4.78 is 5.35. The number of nitro groups is 1. The van der Waals surface area contributed by atoms with E-state index in [0.29, 0.717) is 31.1 Å². The molecule has 0 aliphatic rings. The zero-order chi connectivity index (χ0) is 15.3. The first-order chi connectivity index (χ1) is 9.32. The van der Waals surface area contributed by atoms with Crippen molar-refractivity contribution in [2.24, 2.45) is 11.1 Å². The molecule has 6 nitrogen and oxygen atoms in total. The first-order valence-corrected chi connectivity index (χ1v) is 6.64. The van der Waals surface area contributed by atoms with E-state index in [9.17, 15) is 10.1 Å². The van der Waals surface area contributed by atoms with Crippen LogP contribution in [0, 0.1) is 15.5 Å². The molecule has 0 aliphatic heterocycles. The van der Waals surface area contributed by atoms with Crippen LogP contribution in [0.25, 0.3) is 0 Å². The van der Waals surface area contributed by atoms with E-state index in [2.05, 4.69) is 0 Å². The number of hydrogen-bond donors (Lipinski definition) is 1. The second-order valence-electron chi connectivity index (χ2n) is 5.54. The summed E-state index contributed by atoms with van der Waals surface area (Å²) >= 11 is 0. The molecule has 1 aromatic rings. The molecular formula is C14H23N3O3. The third-order valence-electron chi connectivity index (χ3n) is 3.09. The molecule has 20 heavy (non-hydrogen) atoms. The van der Waals surface area contributed by atoms with Gasteiger partial charge in [0.25, 0.3) is 0 Å². The topological polar surface area (TPSA) is 81.6 Å². The number of nitro benzene ring substituents is 1. The molecule has 0 spiro atoms. The van der Waals surface area contributed by atoms with Gasteiger partial charge in [-0.1, -0.05) is 19.9 Å². The molecule has 6 heteroatoms. The molecule has 1 aromatic carbocycles. The Balaban J connectivity index is 3.16. The highest BCUT2D eigenvalue weighted by atomic mass is 16.6. The van der Waals surface area contributed by atoms with Crippen LogP contribution in [0.3, 0.4) is 0 Å². The van der Waals surface area contributed by atoms with Gasteiger partial charge in [0.1, 0.15) is 5.69 Å². The summed E-state index contributed by atoms with van der Waals surface area (Å²) in [7, 11) is 1.83. The van der Waals surface area contributed by atoms with Crippen LogP contribution in [0.4, 0.5) is 11.4 Å². The first-order valence-electron chi connectivity index (χ1n) is 6.64. The Hall–Kier alpha value is -1.82. The minimum Gasteiger partial charge on any atom is -0.487 e. The SMILES string of the molecule is CCOc1cccc(N(C)CC(C)(C)CN)c1[N+](=O)[O-]. The average molecular weight is 281 g/mol. The van der Waals surface area contributed by atoms with Gasteiger partial charge in [-0.25, -0.2) is 0 Å². The molecule has 0 aromatic heterocycles. The number of anilines is 1. The molecule has 0 heterocycles. The van der Waals surface area contributed by atoms with Gasteiger partial charge in [0.15, 0.2) is 5.75 Å². The monoisotopic (exact) mass is 281 g/mol. The number of para-hydroxylation sites is 1. The van der Waals surface area contributed by atoms with Crippen LogP contribution in [0.5, 0.6) is 5.75 Å². The fourth-order valence-electron chi connectivity index (χ4n) is 2.07. The van der Waals surface area contributed by atoms with Gasteiger partial charge >= 0.3 is 5.69 Å². The van der Waals surface area contributed by atoms with Crippen LogP contribution in [0.15, 0.2) is 18.2 Å². The molecule has 0 unspecified atom stereocenters. The number of nitrogens with zero attached hydrogens (tertiary/aromatic N) is 2. The van der Waals surface area contributed by atoms with Crippen LogP contribution in [-0.4, -0.2) is 31.7 Å². The maximum absolute atomic E-state index is 11.3. The molecule has 0 aliphatic carbocycles. The van der Waals surface area contributed by atoms with E-state index in [1.54, 1.807) is 25.1 Å². The Morgan fingerprint density at radius 2 is 2.10 bits per heavy atom. The number of nitrogens with two attached hydrogens (primary N) is 1. The van der Waals surface area contributed by atoms with Gasteiger partial charge in [-0.3, -0.25) is 10.1 Å². The smallest absolute Gasteiger partial charge is 0.333 e. The van der Waals surface area contributed by atoms with Gasteiger partial charge in [-0.2, -0.15) is 0 Å². The molecule has 0 saturated heterocycles. The van der Waals surface area contributed by atoms with E-state index in [0.717, 1.165) is 0 Å². The third kappa shape index (κ3) is 3.84. The molecular weight excluding hydrogens is 258 g/mol. The Morgan fingerprint density at radius 1 is 1.45 bits per heavy atom. The third-order valence-corrected chi connectivity index (χ3v) is 3.09. The zero-order valence-corrected chi connectivity index (χ0v) is 12.5. The second-order valence-corrected chi connectivity index (χ2v) is 5.54. The van der Waals surface area contributed by atoms with Crippen molar-refractivity contribution in [2.45, 2.75) is 20.8 Å². The summed E-state index contributed by atoms with van der Waals surface area (Å²) in [6.07, 6.45) is 0. The highest BCUT2D eigenvalue weighted by molar-refractivity contribution is 5.69. The summed E-state index contributed by atoms with van der Waals surface area (Å²) in [6, 6.07) is 5.11. The molecule has 0 amide bonds. The fourth-order valence-corrected chi connectivity index (χ4v) is 2.07. The van der Waals surface area contributed by atoms with E-state index in [1.165, 1.54) is 0 Å². The Kier molecular flexibility index (Phi) is 5.33. The van der Waals surface area contributed by atoms with Gasteiger partial charge < -0.3 is 15.4 Å². The van der Waals surface area contributed by atoms with Gasteiger partial charge in [0, 0.05) is 13.6 Å². The van der Waals surface area contributed by atoms with Crippen molar-refractivity contribution in [3.8, 4) is 5.75 Å². The largest absolute Gasteiger partial charge is 0.487 e. The maximum atomic E-state index is 11.3. The minimum absolute atomic E-state index is 0.00433. The van der Waals surface area contributed by atoms with Crippen LogP contribution >= 0.6 is 0 Å². The molecule has 0 fully saturated rings. The number of rotatable bonds is 7. The van der Waals surface area contributed by atoms with Crippen LogP contribution in [-0.2, 0) is 0 Å². The summed E-state index contributed by atoms with van der Waals surface area (Å²) in [6.45, 7) is 7.39. The molecule has 0 bridgehead atoms. The Morgan fingerprint density at radius 3 is 2.60 bits per heavy atom. The summed E-state index contributed by atoms with van der Waals surface area (Å²) in [4.78, 5) is 12.8. The molecule has 112 valence electrons. The van der Waals surface area contributed by atoms with E-state index in [1.807, 2.05) is 25.8 Å². The van der Waals surface area contributed by atoms with Crippen molar-refractivity contribution in [1.82, 2.24) is 0 Å². The number of benzene rings is 1. The van der Waals surface area contributed by atoms with E-state index in [4.69, 9.17) is 10.5 Å². The van der Waals surface area contributed by atoms with E-state index >= 15 is 0 Å². The minimum atomic E-state index is -0.397. The van der Waals surface area contributed by atoms with Gasteiger partial charge in [-0.15, -0.1) is 0 Å². The molecule has 0 atom stereocenters. The number of ether oxygens (including phenoxy) is 1. The van der Waals surface area contributed by atoms with Crippen molar-refractivity contribution in [1.29, 1.82) is 0 Å². The average Bonchev–Trinajstić information content (AvgIpc) is 2.38. The Labute approximate surface area is 119 Å². The maximum Gasteiger partial charge on any atom is 0.333 e. The van der Waals surface area contributed by atoms with Crippen LogP contribution < -0.4 is 15.4 Å². The van der Waals surface area contributed by atoms with Crippen molar-refractivity contribution in [2.75, 3.05) is 31.6 Å². The van der Waals surface area contributed by atoms with E-state index in [-0.39, 0.29) is 11.1 Å². The summed E-state index contributed by atoms with van der Waals surface area (Å²) in [5.41, 5.74) is 6.15. The van der Waals surface area contributed by atoms with Gasteiger partial charge in [0.2, 0.25) is 0 Å². The predicted molar refractivity (Wildman–Crippen MR) is 80.4 cm³/mol. The lowest BCUT2D eigenvalue weighted by Gasteiger charge is -2.30. The number of hydrogen-bond acceptors (Lipinski definition) is 5. The quantitative estimate of drug-likeness (QED) is 0.613. The van der Waals surface area contributed by atoms with Gasteiger partial charge in [0.05, 0.1) is 11.5 Å². The molecule has 1 rings (SSSR count). The first kappa shape index (κ1) is 16.2. The lowest BCUT2D eigenvalue weighted by molar-refractivity contribution is -0.385. The Bertz CT molecular complexity index is 475. The van der Waals surface area contributed by atoms with Crippen molar-refractivity contribution >= 4 is 11.4 Å². The molecule has 2 N–H and O–H groups in total. The van der Waals surface area contributed by atoms with Crippen molar-refractivity contribution in [3.63, 3.8) is 0 Å². The van der Waals surface area contributed by atoms with Crippen LogP contribution in [0.2, 0.25) is 0 Å². The summed E-state index contributed by atoms with van der Waals surface area (Å²) in [5.74, 6) is 0.299. The summed E-state index contributed by atoms with van der Waals surface area (Å²) in [5, 5.41) is 11.3. The second kappa shape index (κ2) is 6.56. The van der Waals surface area contributed by atoms with Gasteiger partial charge in [-0.05, 0) is 31.0 Å². The van der Waals surface area contributed by atoms with Crippen LogP contribution in [0.1, 0.15) is 20.8 Å². The standard InChI is InChI=1S/C14H23N3O3/c1-5-20-12-8-6-7-11(13(12)17(18)19)16(4)10-14(2,3)9-15/h6-8H,5,9-10,15H2,1-4H3. The lowest BCUT2D eigenvalue weighted by Crippen LogP contribution is -2.37. The predicted octanol–water partition coefficient (Wildman–Crippen LogP) is 2.41. The van der Waals surface area contributed by atoms with Crippen molar-refractivity contribution < 1.29 is 9.66 Å². The fraction of sp³-hybridized carbons (Fsp3) is 0.571. The van der Waals surface area contributed by atoms with Crippen molar-refractivity contribution in [3.05, 3.63) is 28.3 Å². The van der Waals surface area contributed by atoms with E-state index < -0.39 is 4.92 Å². The zero-order valence-electron chi connectivity index (χ0n) is 12.5. The lowest BCUT2D eigenvalue weighted by atomic mass is 9.93.